The standard InChI is InChI=1S/C25H25FN4O/c26-21-8-6-19(7-9-21)20-14-23-22(24(31)15-20)16-27-25(28-23)30-12-10-29(11-13-30)17-18-4-2-1-3-5-18/h1-9,16,20H,10-15,17H2. The Morgan fingerprint density at radius 1 is 0.935 bits per heavy atom. The van der Waals surface area contributed by atoms with Crippen LogP contribution < -0.4 is 4.90 Å². The summed E-state index contributed by atoms with van der Waals surface area (Å²) in [7, 11) is 0. The summed E-state index contributed by atoms with van der Waals surface area (Å²) in [6.45, 7) is 4.58. The summed E-state index contributed by atoms with van der Waals surface area (Å²) in [6, 6.07) is 17.0. The number of anilines is 1. The normalized spacial score (nSPS) is 19.3. The Morgan fingerprint density at radius 3 is 2.42 bits per heavy atom. The van der Waals surface area contributed by atoms with E-state index in [0.717, 1.165) is 44.0 Å². The molecule has 1 saturated heterocycles. The zero-order valence-corrected chi connectivity index (χ0v) is 17.4. The van der Waals surface area contributed by atoms with Crippen LogP contribution in [0.3, 0.4) is 0 Å². The van der Waals surface area contributed by atoms with Gasteiger partial charge in [0, 0.05) is 45.3 Å². The van der Waals surface area contributed by atoms with E-state index in [1.54, 1.807) is 18.3 Å². The average Bonchev–Trinajstić information content (AvgIpc) is 2.80. The maximum atomic E-state index is 13.3. The van der Waals surface area contributed by atoms with Crippen LogP contribution in [-0.4, -0.2) is 46.8 Å². The number of carbonyl (C=O) groups excluding carboxylic acids is 1. The van der Waals surface area contributed by atoms with Gasteiger partial charge in [-0.15, -0.1) is 0 Å². The molecule has 158 valence electrons. The number of ketones is 1. The number of nitrogens with zero attached hydrogens (tertiary/aromatic N) is 4. The maximum Gasteiger partial charge on any atom is 0.225 e. The van der Waals surface area contributed by atoms with Crippen LogP contribution in [0.2, 0.25) is 0 Å². The lowest BCUT2D eigenvalue weighted by atomic mass is 9.82. The first-order valence-electron chi connectivity index (χ1n) is 10.8. The molecular weight excluding hydrogens is 391 g/mol. The topological polar surface area (TPSA) is 49.3 Å². The van der Waals surface area contributed by atoms with E-state index in [1.165, 1.54) is 17.7 Å². The van der Waals surface area contributed by atoms with Gasteiger partial charge in [0.15, 0.2) is 5.78 Å². The van der Waals surface area contributed by atoms with E-state index in [0.29, 0.717) is 24.4 Å². The molecule has 1 unspecified atom stereocenters. The third-order valence-corrected chi connectivity index (χ3v) is 6.27. The van der Waals surface area contributed by atoms with Crippen LogP contribution in [-0.2, 0) is 13.0 Å². The SMILES string of the molecule is O=C1CC(c2ccc(F)cc2)Cc2nc(N3CCN(Cc4ccccc4)CC3)ncc21. The largest absolute Gasteiger partial charge is 0.338 e. The third kappa shape index (κ3) is 4.35. The number of piperazine rings is 1. The van der Waals surface area contributed by atoms with Gasteiger partial charge in [-0.1, -0.05) is 42.5 Å². The molecule has 5 nitrogen and oxygen atoms in total. The van der Waals surface area contributed by atoms with E-state index in [1.807, 2.05) is 6.07 Å². The van der Waals surface area contributed by atoms with Gasteiger partial charge < -0.3 is 4.90 Å². The number of carbonyl (C=O) groups is 1. The van der Waals surface area contributed by atoms with Crippen molar-refractivity contribution in [2.24, 2.45) is 0 Å². The maximum absolute atomic E-state index is 13.3. The van der Waals surface area contributed by atoms with Crippen molar-refractivity contribution in [2.45, 2.75) is 25.3 Å². The van der Waals surface area contributed by atoms with Crippen LogP contribution >= 0.6 is 0 Å². The number of hydrogen-bond donors (Lipinski definition) is 0. The van der Waals surface area contributed by atoms with Crippen molar-refractivity contribution in [2.75, 3.05) is 31.1 Å². The highest BCUT2D eigenvalue weighted by atomic mass is 19.1. The van der Waals surface area contributed by atoms with Gasteiger partial charge in [-0.05, 0) is 35.6 Å². The Balaban J connectivity index is 1.27. The summed E-state index contributed by atoms with van der Waals surface area (Å²) in [6.07, 6.45) is 2.78. The first kappa shape index (κ1) is 19.8. The second-order valence-electron chi connectivity index (χ2n) is 8.36. The molecule has 5 rings (SSSR count). The van der Waals surface area contributed by atoms with Gasteiger partial charge in [0.1, 0.15) is 5.82 Å². The lowest BCUT2D eigenvalue weighted by Crippen LogP contribution is -2.46. The molecule has 1 aromatic heterocycles. The second-order valence-corrected chi connectivity index (χ2v) is 8.36. The van der Waals surface area contributed by atoms with Gasteiger partial charge in [0.25, 0.3) is 0 Å². The summed E-state index contributed by atoms with van der Waals surface area (Å²) in [5.41, 5.74) is 3.74. The molecule has 1 fully saturated rings. The number of Topliss-reactive ketones (excluding diaryl/α,β-unsaturated/α-hetero) is 1. The minimum atomic E-state index is -0.262. The van der Waals surface area contributed by atoms with E-state index in [9.17, 15) is 9.18 Å². The van der Waals surface area contributed by atoms with Crippen LogP contribution in [0.5, 0.6) is 0 Å². The molecule has 0 radical (unpaired) electrons. The first-order chi connectivity index (χ1) is 15.2. The van der Waals surface area contributed by atoms with Gasteiger partial charge >= 0.3 is 0 Å². The van der Waals surface area contributed by atoms with Crippen molar-refractivity contribution in [1.29, 1.82) is 0 Å². The van der Waals surface area contributed by atoms with E-state index in [2.05, 4.69) is 39.0 Å². The van der Waals surface area contributed by atoms with Gasteiger partial charge in [-0.3, -0.25) is 9.69 Å². The summed E-state index contributed by atoms with van der Waals surface area (Å²) in [4.78, 5) is 26.6. The van der Waals surface area contributed by atoms with Crippen LogP contribution in [0.25, 0.3) is 0 Å². The van der Waals surface area contributed by atoms with Crippen molar-refractivity contribution in [3.05, 3.63) is 89.0 Å². The number of rotatable bonds is 4. The Kier molecular flexibility index (Phi) is 5.47. The van der Waals surface area contributed by atoms with Crippen LogP contribution in [0, 0.1) is 5.82 Å². The molecule has 0 spiro atoms. The molecule has 6 heteroatoms. The monoisotopic (exact) mass is 416 g/mol. The molecular formula is C25H25FN4O. The molecule has 1 atom stereocenters. The summed E-state index contributed by atoms with van der Waals surface area (Å²) < 4.78 is 13.3. The van der Waals surface area contributed by atoms with Gasteiger partial charge in [-0.25, -0.2) is 14.4 Å². The number of halogens is 1. The van der Waals surface area contributed by atoms with Crippen molar-refractivity contribution in [3.63, 3.8) is 0 Å². The summed E-state index contributed by atoms with van der Waals surface area (Å²) in [5, 5.41) is 0. The lowest BCUT2D eigenvalue weighted by Gasteiger charge is -2.35. The van der Waals surface area contributed by atoms with Crippen LogP contribution in [0.15, 0.2) is 60.8 Å². The number of aromatic nitrogens is 2. The Hall–Kier alpha value is -3.12. The number of hydrogen-bond acceptors (Lipinski definition) is 5. The minimum absolute atomic E-state index is 0.0334. The molecule has 0 amide bonds. The van der Waals surface area contributed by atoms with Crippen LogP contribution in [0.4, 0.5) is 10.3 Å². The number of benzene rings is 2. The second kappa shape index (κ2) is 8.55. The molecule has 1 aliphatic heterocycles. The molecule has 2 aromatic carbocycles. The summed E-state index contributed by atoms with van der Waals surface area (Å²) in [5.74, 6) is 0.536. The molecule has 2 heterocycles. The predicted molar refractivity (Wildman–Crippen MR) is 118 cm³/mol. The van der Waals surface area contributed by atoms with Gasteiger partial charge in [0.2, 0.25) is 5.95 Å². The molecule has 0 bridgehead atoms. The molecule has 3 aromatic rings. The highest BCUT2D eigenvalue weighted by Crippen LogP contribution is 2.32. The highest BCUT2D eigenvalue weighted by molar-refractivity contribution is 5.98. The zero-order valence-electron chi connectivity index (χ0n) is 17.4. The Labute approximate surface area is 181 Å². The fourth-order valence-corrected chi connectivity index (χ4v) is 4.51. The fraction of sp³-hybridized carbons (Fsp3) is 0.320. The Morgan fingerprint density at radius 2 is 1.68 bits per heavy atom. The van der Waals surface area contributed by atoms with E-state index in [-0.39, 0.29) is 17.5 Å². The molecule has 0 N–H and O–H groups in total. The third-order valence-electron chi connectivity index (χ3n) is 6.27. The summed E-state index contributed by atoms with van der Waals surface area (Å²) >= 11 is 0. The van der Waals surface area contributed by atoms with Gasteiger partial charge in [0.05, 0.1) is 11.3 Å². The number of fused-ring (bicyclic) bond motifs is 1. The predicted octanol–water partition coefficient (Wildman–Crippen LogP) is 3.85. The van der Waals surface area contributed by atoms with Crippen molar-refractivity contribution in [3.8, 4) is 0 Å². The fourth-order valence-electron chi connectivity index (χ4n) is 4.51. The molecule has 2 aliphatic rings. The van der Waals surface area contributed by atoms with E-state index < -0.39 is 0 Å². The minimum Gasteiger partial charge on any atom is -0.338 e. The van der Waals surface area contributed by atoms with E-state index >= 15 is 0 Å². The van der Waals surface area contributed by atoms with Gasteiger partial charge in [-0.2, -0.15) is 0 Å². The highest BCUT2D eigenvalue weighted by Gasteiger charge is 2.29. The molecule has 0 saturated carbocycles. The quantitative estimate of drug-likeness (QED) is 0.647. The Bertz CT molecular complexity index is 1060. The first-order valence-corrected chi connectivity index (χ1v) is 10.8. The molecule has 1 aliphatic carbocycles. The van der Waals surface area contributed by atoms with Crippen molar-refractivity contribution in [1.82, 2.24) is 14.9 Å². The smallest absolute Gasteiger partial charge is 0.225 e. The molecule has 31 heavy (non-hydrogen) atoms. The van der Waals surface area contributed by atoms with Crippen LogP contribution in [0.1, 0.15) is 39.5 Å². The zero-order chi connectivity index (χ0) is 21.2. The average molecular weight is 417 g/mol. The lowest BCUT2D eigenvalue weighted by molar-refractivity contribution is 0.0962. The van der Waals surface area contributed by atoms with E-state index in [4.69, 9.17) is 4.98 Å². The van der Waals surface area contributed by atoms with Crippen molar-refractivity contribution < 1.29 is 9.18 Å². The van der Waals surface area contributed by atoms with Crippen molar-refractivity contribution >= 4 is 11.7 Å².